The third-order valence-corrected chi connectivity index (χ3v) is 4.11. The van der Waals surface area contributed by atoms with E-state index in [1.165, 1.54) is 0 Å². The van der Waals surface area contributed by atoms with Crippen molar-refractivity contribution in [2.24, 2.45) is 0 Å². The highest BCUT2D eigenvalue weighted by molar-refractivity contribution is 8.04. The summed E-state index contributed by atoms with van der Waals surface area (Å²) < 4.78 is 136. The molecular weight excluding hydrogens is 367 g/mol. The van der Waals surface area contributed by atoms with E-state index in [-0.39, 0.29) is 0 Å². The standard InChI is InChI=1S/C7H5F9O3S2/c1-2-3-20-19-21(17,18)7(15,16)5(10,11)4(8,9)6(12,13)14/h2H,1,3H2. The highest BCUT2D eigenvalue weighted by Gasteiger charge is 2.85. The van der Waals surface area contributed by atoms with Gasteiger partial charge in [-0.15, -0.1) is 6.58 Å². The zero-order valence-electron chi connectivity index (χ0n) is 9.43. The minimum atomic E-state index is -7.30. The number of halogens is 9. The number of alkyl halides is 9. The second kappa shape index (κ2) is 5.87. The molecule has 0 aliphatic rings. The Kier molecular flexibility index (Phi) is 5.69. The van der Waals surface area contributed by atoms with Crippen LogP contribution in [0.2, 0.25) is 0 Å². The van der Waals surface area contributed by atoms with E-state index in [9.17, 15) is 47.9 Å². The van der Waals surface area contributed by atoms with E-state index in [0.717, 1.165) is 6.08 Å². The number of rotatable bonds is 7. The van der Waals surface area contributed by atoms with Crippen LogP contribution in [-0.4, -0.2) is 37.4 Å². The normalized spacial score (nSPS) is 15.1. The van der Waals surface area contributed by atoms with Crippen molar-refractivity contribution < 1.29 is 51.6 Å². The molecule has 0 fully saturated rings. The van der Waals surface area contributed by atoms with E-state index in [4.69, 9.17) is 0 Å². The number of hydrogen-bond donors (Lipinski definition) is 0. The molecule has 0 aliphatic heterocycles. The summed E-state index contributed by atoms with van der Waals surface area (Å²) in [6, 6.07) is 0. The first kappa shape index (κ1) is 20.4. The monoisotopic (exact) mass is 372 g/mol. The second-order valence-corrected chi connectivity index (χ2v) is 5.79. The third kappa shape index (κ3) is 3.41. The summed E-state index contributed by atoms with van der Waals surface area (Å²) >= 11 is -0.424. The van der Waals surface area contributed by atoms with Crippen molar-refractivity contribution in [2.45, 2.75) is 23.3 Å². The first-order valence-corrected chi connectivity index (χ1v) is 6.75. The van der Waals surface area contributed by atoms with Crippen LogP contribution < -0.4 is 0 Å². The van der Waals surface area contributed by atoms with E-state index in [1.807, 2.05) is 0 Å². The molecule has 14 heteroatoms. The largest absolute Gasteiger partial charge is 0.460 e. The van der Waals surface area contributed by atoms with Crippen LogP contribution in [0.15, 0.2) is 12.7 Å². The minimum Gasteiger partial charge on any atom is -0.193 e. The Labute approximate surface area is 116 Å². The Morgan fingerprint density at radius 1 is 0.952 bits per heavy atom. The molecule has 0 N–H and O–H groups in total. The maximum absolute atomic E-state index is 13.0. The van der Waals surface area contributed by atoms with Crippen molar-refractivity contribution >= 4 is 22.2 Å². The summed E-state index contributed by atoms with van der Waals surface area (Å²) in [4.78, 5) is 0. The predicted octanol–water partition coefficient (Wildman–Crippen LogP) is 3.59. The summed E-state index contributed by atoms with van der Waals surface area (Å²) in [6.45, 7) is 2.96. The predicted molar refractivity (Wildman–Crippen MR) is 53.6 cm³/mol. The summed E-state index contributed by atoms with van der Waals surface area (Å²) in [7, 11) is -6.78. The topological polar surface area (TPSA) is 43.4 Å². The lowest BCUT2D eigenvalue weighted by molar-refractivity contribution is -0.382. The molecule has 3 nitrogen and oxygen atoms in total. The van der Waals surface area contributed by atoms with Gasteiger partial charge in [0.1, 0.15) is 0 Å². The molecule has 0 heterocycles. The molecule has 0 radical (unpaired) electrons. The Morgan fingerprint density at radius 2 is 1.38 bits per heavy atom. The maximum atomic E-state index is 13.0. The van der Waals surface area contributed by atoms with Crippen molar-refractivity contribution in [3.05, 3.63) is 12.7 Å². The molecule has 0 bridgehead atoms. The Bertz CT molecular complexity index is 482. The van der Waals surface area contributed by atoms with E-state index in [1.54, 1.807) is 0 Å². The van der Waals surface area contributed by atoms with Crippen LogP contribution in [0.1, 0.15) is 0 Å². The summed E-state index contributed by atoms with van der Waals surface area (Å²) in [6.07, 6.45) is -6.25. The van der Waals surface area contributed by atoms with Gasteiger partial charge >= 0.3 is 33.4 Å². The molecule has 0 aromatic heterocycles. The van der Waals surface area contributed by atoms with E-state index in [2.05, 4.69) is 10.2 Å². The zero-order chi connectivity index (χ0) is 17.3. The molecule has 0 spiro atoms. The molecule has 0 saturated heterocycles. The van der Waals surface area contributed by atoms with Gasteiger partial charge in [0.2, 0.25) is 0 Å². The van der Waals surface area contributed by atoms with Gasteiger partial charge in [-0.25, -0.2) is 0 Å². The average molecular weight is 372 g/mol. The fourth-order valence-corrected chi connectivity index (χ4v) is 2.31. The van der Waals surface area contributed by atoms with Gasteiger partial charge in [0.15, 0.2) is 0 Å². The molecule has 126 valence electrons. The molecule has 0 rings (SSSR count). The van der Waals surface area contributed by atoms with Gasteiger partial charge in [-0.1, -0.05) is 6.08 Å². The zero-order valence-corrected chi connectivity index (χ0v) is 11.1. The lowest BCUT2D eigenvalue weighted by Gasteiger charge is -2.32. The second-order valence-electron chi connectivity index (χ2n) is 3.26. The van der Waals surface area contributed by atoms with Gasteiger partial charge in [0, 0.05) is 17.8 Å². The fourth-order valence-electron chi connectivity index (χ4n) is 0.700. The van der Waals surface area contributed by atoms with Gasteiger partial charge in [0.05, 0.1) is 0 Å². The molecule has 0 aromatic rings. The minimum absolute atomic E-state index is 0.424. The van der Waals surface area contributed by atoms with Gasteiger partial charge < -0.3 is 0 Å². The van der Waals surface area contributed by atoms with Crippen LogP contribution in [0.25, 0.3) is 0 Å². The van der Waals surface area contributed by atoms with Crippen LogP contribution in [0.4, 0.5) is 39.5 Å². The molecule has 0 atom stereocenters. The van der Waals surface area contributed by atoms with Crippen molar-refractivity contribution in [3.63, 3.8) is 0 Å². The van der Waals surface area contributed by atoms with Crippen LogP contribution in [0.5, 0.6) is 0 Å². The molecule has 0 aromatic carbocycles. The summed E-state index contributed by atoms with van der Waals surface area (Å²) in [5.74, 6) is -15.1. The summed E-state index contributed by atoms with van der Waals surface area (Å²) in [5.41, 5.74) is 0. The molecule has 0 amide bonds. The average Bonchev–Trinajstić information content (AvgIpc) is 2.26. The van der Waals surface area contributed by atoms with Crippen LogP contribution in [0.3, 0.4) is 0 Å². The third-order valence-electron chi connectivity index (χ3n) is 1.75. The van der Waals surface area contributed by atoms with Crippen LogP contribution in [0, 0.1) is 0 Å². The summed E-state index contributed by atoms with van der Waals surface area (Å²) in [5, 5.41) is -6.83. The highest BCUT2D eigenvalue weighted by Crippen LogP contribution is 2.55. The highest BCUT2D eigenvalue weighted by atomic mass is 32.3. The number of hydrogen-bond acceptors (Lipinski definition) is 4. The molecule has 0 unspecified atom stereocenters. The van der Waals surface area contributed by atoms with E-state index < -0.39 is 51.2 Å². The van der Waals surface area contributed by atoms with Crippen molar-refractivity contribution in [1.29, 1.82) is 0 Å². The van der Waals surface area contributed by atoms with Crippen LogP contribution >= 0.6 is 12.0 Å². The molecule has 0 saturated carbocycles. The Balaban J connectivity index is 5.72. The van der Waals surface area contributed by atoms with Crippen molar-refractivity contribution in [1.82, 2.24) is 0 Å². The molecular formula is C7H5F9O3S2. The van der Waals surface area contributed by atoms with Crippen LogP contribution in [-0.2, 0) is 13.7 Å². The first-order valence-electron chi connectivity index (χ1n) is 4.43. The van der Waals surface area contributed by atoms with Crippen molar-refractivity contribution in [3.8, 4) is 0 Å². The van der Waals surface area contributed by atoms with Gasteiger partial charge in [-0.05, 0) is 0 Å². The molecule has 0 aliphatic carbocycles. The fraction of sp³-hybridized carbons (Fsp3) is 0.714. The van der Waals surface area contributed by atoms with Gasteiger partial charge in [0.25, 0.3) is 0 Å². The van der Waals surface area contributed by atoms with E-state index >= 15 is 0 Å². The Hall–Kier alpha value is -0.630. The lowest BCUT2D eigenvalue weighted by Crippen LogP contribution is -2.63. The smallest absolute Gasteiger partial charge is 0.193 e. The van der Waals surface area contributed by atoms with Crippen molar-refractivity contribution in [2.75, 3.05) is 5.75 Å². The van der Waals surface area contributed by atoms with E-state index in [0.29, 0.717) is 0 Å². The van der Waals surface area contributed by atoms with Gasteiger partial charge in [-0.2, -0.15) is 51.6 Å². The van der Waals surface area contributed by atoms with Gasteiger partial charge in [-0.3, -0.25) is 0 Å². The SMILES string of the molecule is C=CCSOS(=O)(=O)C(F)(F)C(F)(F)C(F)(F)C(F)(F)F. The lowest BCUT2D eigenvalue weighted by atomic mass is 10.1. The Morgan fingerprint density at radius 3 is 1.71 bits per heavy atom. The first-order chi connectivity index (χ1) is 9.06. The molecule has 21 heavy (non-hydrogen) atoms. The quantitative estimate of drug-likeness (QED) is 0.297. The maximum Gasteiger partial charge on any atom is 0.460 e.